The number of aliphatic hydroxyl groups is 1. The number of nitrogen functional groups attached to an aromatic ring is 1. The predicted molar refractivity (Wildman–Crippen MR) is 155 cm³/mol. The number of methoxy groups -OCH3 is 1. The summed E-state index contributed by atoms with van der Waals surface area (Å²) in [5.74, 6) is 0.443. The lowest BCUT2D eigenvalue weighted by molar-refractivity contribution is 0.0945. The van der Waals surface area contributed by atoms with Crippen LogP contribution in [-0.4, -0.2) is 55.8 Å². The van der Waals surface area contributed by atoms with Crippen LogP contribution in [0.4, 0.5) is 11.8 Å². The number of carbonyl (C=O) groups is 1. The van der Waals surface area contributed by atoms with E-state index in [2.05, 4.69) is 25.6 Å². The van der Waals surface area contributed by atoms with Crippen molar-refractivity contribution in [3.63, 3.8) is 0 Å². The predicted octanol–water partition coefficient (Wildman–Crippen LogP) is 2.72. The van der Waals surface area contributed by atoms with Crippen LogP contribution in [0.2, 0.25) is 0 Å². The third-order valence-corrected chi connectivity index (χ3v) is 6.38. The largest absolute Gasteiger partial charge is 0.481 e. The third-order valence-electron chi connectivity index (χ3n) is 6.38. The van der Waals surface area contributed by atoms with Gasteiger partial charge in [-0.2, -0.15) is 4.98 Å². The van der Waals surface area contributed by atoms with Gasteiger partial charge in [-0.3, -0.25) is 14.2 Å². The minimum absolute atomic E-state index is 0.0391. The molecule has 0 spiro atoms. The zero-order chi connectivity index (χ0) is 28.9. The van der Waals surface area contributed by atoms with Crippen LogP contribution in [0.25, 0.3) is 27.7 Å². The van der Waals surface area contributed by atoms with E-state index >= 15 is 0 Å². The second kappa shape index (κ2) is 11.8. The van der Waals surface area contributed by atoms with E-state index in [0.29, 0.717) is 33.9 Å². The lowest BCUT2D eigenvalue weighted by Crippen LogP contribution is -2.30. The number of aromatic nitrogens is 5. The van der Waals surface area contributed by atoms with Crippen molar-refractivity contribution in [2.45, 2.75) is 13.0 Å². The van der Waals surface area contributed by atoms with E-state index in [1.54, 1.807) is 25.3 Å². The van der Waals surface area contributed by atoms with Gasteiger partial charge in [-0.05, 0) is 42.3 Å². The van der Waals surface area contributed by atoms with E-state index in [9.17, 15) is 9.59 Å². The van der Waals surface area contributed by atoms with E-state index in [1.807, 2.05) is 48.5 Å². The van der Waals surface area contributed by atoms with E-state index in [4.69, 9.17) is 20.6 Å². The molecular formula is C29H28N8O4. The molecule has 1 unspecified atom stereocenters. The lowest BCUT2D eigenvalue weighted by Gasteiger charge is -2.21. The number of hydrogen-bond donors (Lipinski definition) is 4. The van der Waals surface area contributed by atoms with Crippen LogP contribution in [0, 0.1) is 0 Å². The van der Waals surface area contributed by atoms with Crippen LogP contribution in [-0.2, 0) is 0 Å². The van der Waals surface area contributed by atoms with Crippen LogP contribution in [0.1, 0.15) is 29.1 Å². The van der Waals surface area contributed by atoms with Gasteiger partial charge in [0.1, 0.15) is 17.2 Å². The first-order chi connectivity index (χ1) is 19.9. The maximum atomic E-state index is 14.3. The van der Waals surface area contributed by atoms with Crippen molar-refractivity contribution in [3.05, 3.63) is 94.8 Å². The number of nitrogens with two attached hydrogens (primary N) is 1. The second-order valence-electron chi connectivity index (χ2n) is 9.07. The summed E-state index contributed by atoms with van der Waals surface area (Å²) < 4.78 is 6.84. The zero-order valence-corrected chi connectivity index (χ0v) is 22.4. The van der Waals surface area contributed by atoms with Crippen LogP contribution < -0.4 is 26.7 Å². The Hall–Kier alpha value is -5.36. The van der Waals surface area contributed by atoms with Gasteiger partial charge >= 0.3 is 0 Å². The van der Waals surface area contributed by atoms with Crippen LogP contribution in [0.15, 0.2) is 77.9 Å². The van der Waals surface area contributed by atoms with E-state index in [-0.39, 0.29) is 36.0 Å². The first kappa shape index (κ1) is 27.2. The molecule has 0 aliphatic rings. The van der Waals surface area contributed by atoms with Gasteiger partial charge in [-0.25, -0.2) is 15.0 Å². The minimum atomic E-state index is -0.615. The Morgan fingerprint density at radius 2 is 1.90 bits per heavy atom. The number of fused-ring (bicyclic) bond motifs is 1. The Labute approximate surface area is 234 Å². The number of rotatable bonds is 9. The first-order valence-electron chi connectivity index (χ1n) is 12.8. The smallest absolute Gasteiger partial charge is 0.266 e. The third kappa shape index (κ3) is 5.54. The fraction of sp³-hybridized carbons (Fsp3) is 0.172. The lowest BCUT2D eigenvalue weighted by atomic mass is 10.0. The molecule has 0 saturated carbocycles. The topological polar surface area (TPSA) is 170 Å². The molecule has 5 N–H and O–H groups in total. The molecule has 2 aromatic carbocycles. The van der Waals surface area contributed by atoms with E-state index in [0.717, 1.165) is 5.56 Å². The molecule has 0 radical (unpaired) electrons. The van der Waals surface area contributed by atoms with Crippen LogP contribution in [0.5, 0.6) is 5.88 Å². The summed E-state index contributed by atoms with van der Waals surface area (Å²) in [6, 6.07) is 17.6. The standard InChI is InChI=1S/C29H28N8O4/c1-17(34-25-21(16-33-29(30)36-25)27(39)32-13-14-38)26-35-22-10-6-9-20(18-11-12-31-23(15-18)41-2)24(22)28(40)37(26)19-7-4-3-5-8-19/h3-12,15-17,38H,13-14H2,1-2H3,(H,32,39)(H3,30,33,34,36). The summed E-state index contributed by atoms with van der Waals surface area (Å²) in [7, 11) is 1.53. The maximum absolute atomic E-state index is 14.3. The molecule has 12 nitrogen and oxygen atoms in total. The molecule has 208 valence electrons. The summed E-state index contributed by atoms with van der Waals surface area (Å²) in [5, 5.41) is 15.3. The number of hydrogen-bond acceptors (Lipinski definition) is 10. The maximum Gasteiger partial charge on any atom is 0.266 e. The van der Waals surface area contributed by atoms with E-state index in [1.165, 1.54) is 17.9 Å². The Kier molecular flexibility index (Phi) is 7.83. The summed E-state index contributed by atoms with van der Waals surface area (Å²) in [5.41, 5.74) is 8.23. The van der Waals surface area contributed by atoms with Crippen LogP contribution in [0.3, 0.4) is 0 Å². The molecule has 0 bridgehead atoms. The number of carbonyl (C=O) groups excluding carboxylic acids is 1. The fourth-order valence-corrected chi connectivity index (χ4v) is 4.50. The molecule has 0 aliphatic carbocycles. The molecule has 0 aliphatic heterocycles. The Morgan fingerprint density at radius 1 is 1.10 bits per heavy atom. The van der Waals surface area contributed by atoms with Crippen molar-refractivity contribution in [1.29, 1.82) is 0 Å². The SMILES string of the molecule is COc1cc(-c2cccc3nc(C(C)Nc4nc(N)ncc4C(=O)NCCO)n(-c4ccccc4)c(=O)c23)ccn1. The Morgan fingerprint density at radius 3 is 2.66 bits per heavy atom. The number of para-hydroxylation sites is 1. The molecule has 5 aromatic rings. The molecule has 0 fully saturated rings. The average Bonchev–Trinajstić information content (AvgIpc) is 3.00. The normalized spacial score (nSPS) is 11.7. The molecule has 12 heteroatoms. The van der Waals surface area contributed by atoms with Crippen molar-refractivity contribution in [3.8, 4) is 22.7 Å². The number of amides is 1. The number of anilines is 2. The zero-order valence-electron chi connectivity index (χ0n) is 22.4. The molecule has 3 heterocycles. The highest BCUT2D eigenvalue weighted by atomic mass is 16.5. The summed E-state index contributed by atoms with van der Waals surface area (Å²) >= 11 is 0. The van der Waals surface area contributed by atoms with Crippen molar-refractivity contribution < 1.29 is 14.6 Å². The van der Waals surface area contributed by atoms with Crippen molar-refractivity contribution in [1.82, 2.24) is 29.8 Å². The first-order valence-corrected chi connectivity index (χ1v) is 12.8. The highest BCUT2D eigenvalue weighted by molar-refractivity contribution is 5.98. The Balaban J connectivity index is 1.68. The molecule has 1 atom stereocenters. The van der Waals surface area contributed by atoms with Gasteiger partial charge in [0.05, 0.1) is 36.3 Å². The van der Waals surface area contributed by atoms with Gasteiger partial charge in [0.15, 0.2) is 0 Å². The monoisotopic (exact) mass is 552 g/mol. The van der Waals surface area contributed by atoms with Crippen molar-refractivity contribution in [2.75, 3.05) is 31.3 Å². The number of pyridine rings is 1. The van der Waals surface area contributed by atoms with Gasteiger partial charge in [0, 0.05) is 25.0 Å². The molecular weight excluding hydrogens is 524 g/mol. The van der Waals surface area contributed by atoms with Gasteiger partial charge in [0.25, 0.3) is 11.5 Å². The molecule has 1 amide bonds. The summed E-state index contributed by atoms with van der Waals surface area (Å²) in [4.78, 5) is 44.3. The average molecular weight is 553 g/mol. The highest BCUT2D eigenvalue weighted by Crippen LogP contribution is 2.29. The molecule has 3 aromatic heterocycles. The number of aliphatic hydroxyl groups excluding tert-OH is 1. The number of nitrogens with zero attached hydrogens (tertiary/aromatic N) is 5. The minimum Gasteiger partial charge on any atom is -0.481 e. The van der Waals surface area contributed by atoms with Gasteiger partial charge in [0.2, 0.25) is 11.8 Å². The van der Waals surface area contributed by atoms with Gasteiger partial charge < -0.3 is 26.2 Å². The highest BCUT2D eigenvalue weighted by Gasteiger charge is 2.23. The number of ether oxygens (including phenoxy) is 1. The molecule has 5 rings (SSSR count). The van der Waals surface area contributed by atoms with Crippen molar-refractivity contribution in [2.24, 2.45) is 0 Å². The molecule has 41 heavy (non-hydrogen) atoms. The Bertz CT molecular complexity index is 1780. The quantitative estimate of drug-likeness (QED) is 0.213. The fourth-order valence-electron chi connectivity index (χ4n) is 4.50. The molecule has 0 saturated heterocycles. The number of nitrogens with one attached hydrogen (secondary N) is 2. The van der Waals surface area contributed by atoms with Gasteiger partial charge in [-0.15, -0.1) is 0 Å². The summed E-state index contributed by atoms with van der Waals surface area (Å²) in [6.45, 7) is 1.64. The summed E-state index contributed by atoms with van der Waals surface area (Å²) in [6.07, 6.45) is 2.93. The van der Waals surface area contributed by atoms with E-state index < -0.39 is 11.9 Å². The van der Waals surface area contributed by atoms with Crippen LogP contribution >= 0.6 is 0 Å². The van der Waals surface area contributed by atoms with Gasteiger partial charge in [-0.1, -0.05) is 30.3 Å². The van der Waals surface area contributed by atoms with Crippen molar-refractivity contribution >= 4 is 28.6 Å². The number of benzene rings is 2. The second-order valence-corrected chi connectivity index (χ2v) is 9.07.